The summed E-state index contributed by atoms with van der Waals surface area (Å²) < 4.78 is 5.64. The molecule has 88 valence electrons. The summed E-state index contributed by atoms with van der Waals surface area (Å²) in [6, 6.07) is 17.7. The Morgan fingerprint density at radius 3 is 2.44 bits per heavy atom. The Morgan fingerprint density at radius 1 is 0.889 bits per heavy atom. The van der Waals surface area contributed by atoms with Crippen molar-refractivity contribution in [1.29, 1.82) is 0 Å². The summed E-state index contributed by atoms with van der Waals surface area (Å²) in [5.74, 6) is 1.41. The highest BCUT2D eigenvalue weighted by Crippen LogP contribution is 2.26. The fourth-order valence-electron chi connectivity index (χ4n) is 1.64. The Kier molecular flexibility index (Phi) is 3.07. The molecule has 3 aromatic rings. The van der Waals surface area contributed by atoms with E-state index in [-0.39, 0.29) is 0 Å². The van der Waals surface area contributed by atoms with Crippen molar-refractivity contribution in [3.05, 3.63) is 66.2 Å². The Labute approximate surface area is 110 Å². The van der Waals surface area contributed by atoms with Gasteiger partial charge in [0.25, 0.3) is 0 Å². The Hall–Kier alpha value is -2.13. The van der Waals surface area contributed by atoms with E-state index >= 15 is 0 Å². The molecule has 0 bridgehead atoms. The zero-order chi connectivity index (χ0) is 12.2. The topological polar surface area (TPSA) is 22.1 Å². The van der Waals surface area contributed by atoms with Crippen molar-refractivity contribution in [2.45, 2.75) is 0 Å². The van der Waals surface area contributed by atoms with Gasteiger partial charge in [-0.1, -0.05) is 24.3 Å². The van der Waals surface area contributed by atoms with Gasteiger partial charge in [0.15, 0.2) is 0 Å². The van der Waals surface area contributed by atoms with E-state index in [1.54, 1.807) is 11.3 Å². The molecular weight excluding hydrogens is 242 g/mol. The number of pyridine rings is 1. The number of hydrogen-bond donors (Lipinski definition) is 0. The van der Waals surface area contributed by atoms with Gasteiger partial charge < -0.3 is 4.74 Å². The summed E-state index contributed by atoms with van der Waals surface area (Å²) in [5.41, 5.74) is 1.12. The molecule has 0 atom stereocenters. The van der Waals surface area contributed by atoms with Crippen LogP contribution in [0.3, 0.4) is 0 Å². The van der Waals surface area contributed by atoms with Crippen LogP contribution < -0.4 is 4.74 Å². The third kappa shape index (κ3) is 2.41. The highest BCUT2D eigenvalue weighted by molar-refractivity contribution is 7.13. The van der Waals surface area contributed by atoms with Crippen molar-refractivity contribution in [3.8, 4) is 22.1 Å². The first-order valence-electron chi connectivity index (χ1n) is 5.65. The molecule has 3 heteroatoms. The Bertz CT molecular complexity index is 603. The first kappa shape index (κ1) is 11.0. The Morgan fingerprint density at radius 2 is 1.78 bits per heavy atom. The maximum atomic E-state index is 5.64. The molecule has 3 rings (SSSR count). The molecule has 0 aliphatic heterocycles. The second-order valence-electron chi connectivity index (χ2n) is 3.78. The van der Waals surface area contributed by atoms with E-state index in [2.05, 4.69) is 16.4 Å². The summed E-state index contributed by atoms with van der Waals surface area (Å²) in [4.78, 5) is 5.53. The number of ether oxygens (including phenoxy) is 1. The molecule has 0 N–H and O–H groups in total. The van der Waals surface area contributed by atoms with Gasteiger partial charge in [0.05, 0.1) is 0 Å². The molecule has 0 fully saturated rings. The molecule has 1 aromatic carbocycles. The van der Waals surface area contributed by atoms with Crippen molar-refractivity contribution in [3.63, 3.8) is 0 Å². The van der Waals surface area contributed by atoms with E-state index in [1.165, 1.54) is 4.88 Å². The predicted molar refractivity (Wildman–Crippen MR) is 74.1 cm³/mol. The minimum absolute atomic E-state index is 0.613. The SMILES string of the molecule is c1ccc(Oc2ccc(-c3cccs3)cn2)cc1. The van der Waals surface area contributed by atoms with Crippen molar-refractivity contribution in [2.75, 3.05) is 0 Å². The van der Waals surface area contributed by atoms with E-state index in [4.69, 9.17) is 4.74 Å². The highest BCUT2D eigenvalue weighted by atomic mass is 32.1. The van der Waals surface area contributed by atoms with Crippen molar-refractivity contribution >= 4 is 11.3 Å². The van der Waals surface area contributed by atoms with Crippen LogP contribution in [0.1, 0.15) is 0 Å². The molecule has 2 heterocycles. The molecule has 0 amide bonds. The van der Waals surface area contributed by atoms with Gasteiger partial charge in [-0.25, -0.2) is 4.98 Å². The minimum Gasteiger partial charge on any atom is -0.439 e. The van der Waals surface area contributed by atoms with Gasteiger partial charge in [-0.15, -0.1) is 11.3 Å². The van der Waals surface area contributed by atoms with Crippen LogP contribution in [0.25, 0.3) is 10.4 Å². The van der Waals surface area contributed by atoms with E-state index in [0.717, 1.165) is 11.3 Å². The van der Waals surface area contributed by atoms with Gasteiger partial charge >= 0.3 is 0 Å². The fraction of sp³-hybridized carbons (Fsp3) is 0. The average Bonchev–Trinajstić information content (AvgIpc) is 2.95. The smallest absolute Gasteiger partial charge is 0.219 e. The number of nitrogens with zero attached hydrogens (tertiary/aromatic N) is 1. The van der Waals surface area contributed by atoms with E-state index in [1.807, 2.05) is 54.7 Å². The van der Waals surface area contributed by atoms with Crippen molar-refractivity contribution < 1.29 is 4.74 Å². The lowest BCUT2D eigenvalue weighted by Crippen LogP contribution is -1.87. The zero-order valence-electron chi connectivity index (χ0n) is 9.61. The van der Waals surface area contributed by atoms with Gasteiger partial charge in [-0.3, -0.25) is 0 Å². The van der Waals surface area contributed by atoms with E-state index < -0.39 is 0 Å². The number of rotatable bonds is 3. The van der Waals surface area contributed by atoms with Crippen LogP contribution >= 0.6 is 11.3 Å². The predicted octanol–water partition coefficient (Wildman–Crippen LogP) is 4.60. The summed E-state index contributed by atoms with van der Waals surface area (Å²) in [5, 5.41) is 2.06. The quantitative estimate of drug-likeness (QED) is 0.680. The first-order chi connectivity index (χ1) is 8.92. The fourth-order valence-corrected chi connectivity index (χ4v) is 2.36. The molecule has 0 saturated carbocycles. The number of hydrogen-bond acceptors (Lipinski definition) is 3. The normalized spacial score (nSPS) is 10.2. The molecule has 0 unspecified atom stereocenters. The van der Waals surface area contributed by atoms with E-state index in [0.29, 0.717) is 5.88 Å². The van der Waals surface area contributed by atoms with Gasteiger partial charge in [0.1, 0.15) is 5.75 Å². The van der Waals surface area contributed by atoms with Gasteiger partial charge in [0, 0.05) is 22.7 Å². The molecule has 0 saturated heterocycles. The second kappa shape index (κ2) is 5.02. The standard InChI is InChI=1S/C15H11NOS/c1-2-5-13(6-3-1)17-15-9-8-12(11-16-15)14-7-4-10-18-14/h1-11H. The summed E-state index contributed by atoms with van der Waals surface area (Å²) in [7, 11) is 0. The molecular formula is C15H11NOS. The van der Waals surface area contributed by atoms with Crippen LogP contribution in [-0.4, -0.2) is 4.98 Å². The van der Waals surface area contributed by atoms with Crippen LogP contribution in [-0.2, 0) is 0 Å². The number of thiophene rings is 1. The van der Waals surface area contributed by atoms with Gasteiger partial charge in [-0.2, -0.15) is 0 Å². The van der Waals surface area contributed by atoms with Crippen molar-refractivity contribution in [1.82, 2.24) is 4.98 Å². The lowest BCUT2D eigenvalue weighted by atomic mass is 10.2. The maximum Gasteiger partial charge on any atom is 0.219 e. The van der Waals surface area contributed by atoms with Crippen LogP contribution in [0.2, 0.25) is 0 Å². The second-order valence-corrected chi connectivity index (χ2v) is 4.73. The monoisotopic (exact) mass is 253 g/mol. The lowest BCUT2D eigenvalue weighted by molar-refractivity contribution is 0.463. The first-order valence-corrected chi connectivity index (χ1v) is 6.52. The summed E-state index contributed by atoms with van der Waals surface area (Å²) in [6.45, 7) is 0. The van der Waals surface area contributed by atoms with Crippen LogP contribution in [0.5, 0.6) is 11.6 Å². The molecule has 0 radical (unpaired) electrons. The zero-order valence-corrected chi connectivity index (χ0v) is 10.4. The number of benzene rings is 1. The Balaban J connectivity index is 1.80. The lowest BCUT2D eigenvalue weighted by Gasteiger charge is -2.04. The largest absolute Gasteiger partial charge is 0.439 e. The van der Waals surface area contributed by atoms with E-state index in [9.17, 15) is 0 Å². The molecule has 18 heavy (non-hydrogen) atoms. The highest BCUT2D eigenvalue weighted by Gasteiger charge is 2.01. The molecule has 0 aliphatic rings. The summed E-state index contributed by atoms with van der Waals surface area (Å²) in [6.07, 6.45) is 1.84. The molecule has 2 nitrogen and oxygen atoms in total. The molecule has 2 aromatic heterocycles. The average molecular weight is 253 g/mol. The van der Waals surface area contributed by atoms with Crippen LogP contribution in [0.15, 0.2) is 66.2 Å². The van der Waals surface area contributed by atoms with Gasteiger partial charge in [-0.05, 0) is 29.6 Å². The van der Waals surface area contributed by atoms with Crippen molar-refractivity contribution in [2.24, 2.45) is 0 Å². The maximum absolute atomic E-state index is 5.64. The van der Waals surface area contributed by atoms with Crippen LogP contribution in [0.4, 0.5) is 0 Å². The third-order valence-electron chi connectivity index (χ3n) is 2.51. The molecule has 0 spiro atoms. The number of aromatic nitrogens is 1. The minimum atomic E-state index is 0.613. The third-order valence-corrected chi connectivity index (χ3v) is 3.43. The molecule has 0 aliphatic carbocycles. The van der Waals surface area contributed by atoms with Gasteiger partial charge in [0.2, 0.25) is 5.88 Å². The van der Waals surface area contributed by atoms with Crippen LogP contribution in [0, 0.1) is 0 Å². The summed E-state index contributed by atoms with van der Waals surface area (Å²) >= 11 is 1.71. The number of para-hydroxylation sites is 1.